The minimum atomic E-state index is -0.292. The van der Waals surface area contributed by atoms with Gasteiger partial charge >= 0.3 is 0 Å². The zero-order valence-electron chi connectivity index (χ0n) is 10.9. The number of aryl methyl sites for hydroxylation is 1. The summed E-state index contributed by atoms with van der Waals surface area (Å²) >= 11 is 0. The van der Waals surface area contributed by atoms with E-state index in [-0.39, 0.29) is 18.4 Å². The van der Waals surface area contributed by atoms with Gasteiger partial charge in [-0.15, -0.1) is 0 Å². The molecule has 18 heavy (non-hydrogen) atoms. The lowest BCUT2D eigenvalue weighted by atomic mass is 10.1. The van der Waals surface area contributed by atoms with Gasteiger partial charge in [-0.25, -0.2) is 0 Å². The molecule has 5 heteroatoms. The maximum Gasteiger partial charge on any atom is 0.251 e. The lowest BCUT2D eigenvalue weighted by molar-refractivity contribution is -0.120. The Bertz CT molecular complexity index is 444. The number of ether oxygens (including phenoxy) is 1. The molecular formula is C13H18N2O3. The van der Waals surface area contributed by atoms with Gasteiger partial charge in [0.2, 0.25) is 5.91 Å². The molecule has 0 atom stereocenters. The first-order valence-electron chi connectivity index (χ1n) is 5.78. The normalized spacial score (nSPS) is 9.72. The van der Waals surface area contributed by atoms with Gasteiger partial charge in [-0.2, -0.15) is 0 Å². The fourth-order valence-electron chi connectivity index (χ4n) is 1.48. The first kappa shape index (κ1) is 14.0. The first-order chi connectivity index (χ1) is 8.58. The lowest BCUT2D eigenvalue weighted by Gasteiger charge is -2.08. The molecule has 0 heterocycles. The van der Waals surface area contributed by atoms with Crippen molar-refractivity contribution in [2.75, 3.05) is 20.2 Å². The van der Waals surface area contributed by atoms with Gasteiger partial charge < -0.3 is 15.4 Å². The average Bonchev–Trinajstić information content (AvgIpc) is 2.37. The number of carbonyl (C=O) groups excluding carboxylic acids is 2. The van der Waals surface area contributed by atoms with Crippen LogP contribution in [0, 0.1) is 6.92 Å². The number of hydrogen-bond acceptors (Lipinski definition) is 3. The van der Waals surface area contributed by atoms with Crippen LogP contribution >= 0.6 is 0 Å². The number of carbonyl (C=O) groups is 2. The van der Waals surface area contributed by atoms with Crippen molar-refractivity contribution in [1.29, 1.82) is 0 Å². The van der Waals surface area contributed by atoms with Crippen molar-refractivity contribution < 1.29 is 14.3 Å². The molecule has 5 nitrogen and oxygen atoms in total. The molecule has 0 aliphatic heterocycles. The number of likely N-dealkylation sites (N-methyl/N-ethyl adjacent to an activating group) is 1. The van der Waals surface area contributed by atoms with Crippen molar-refractivity contribution in [1.82, 2.24) is 10.6 Å². The second kappa shape index (κ2) is 6.64. The molecule has 0 aliphatic rings. The van der Waals surface area contributed by atoms with E-state index in [2.05, 4.69) is 10.6 Å². The molecule has 1 aromatic carbocycles. The molecule has 0 spiro atoms. The highest BCUT2D eigenvalue weighted by Crippen LogP contribution is 2.18. The number of methoxy groups -OCH3 is 1. The first-order valence-corrected chi connectivity index (χ1v) is 5.78. The number of nitrogens with one attached hydrogen (secondary N) is 2. The molecular weight excluding hydrogens is 232 g/mol. The topological polar surface area (TPSA) is 67.4 Å². The summed E-state index contributed by atoms with van der Waals surface area (Å²) in [7, 11) is 1.55. The number of rotatable bonds is 5. The zero-order chi connectivity index (χ0) is 13.5. The van der Waals surface area contributed by atoms with Gasteiger partial charge in [0.25, 0.3) is 5.91 Å². The van der Waals surface area contributed by atoms with Crippen molar-refractivity contribution in [3.05, 3.63) is 29.3 Å². The Morgan fingerprint density at radius 1 is 1.28 bits per heavy atom. The van der Waals surface area contributed by atoms with Gasteiger partial charge in [-0.1, -0.05) is 6.07 Å². The van der Waals surface area contributed by atoms with E-state index in [1.54, 1.807) is 25.3 Å². The summed E-state index contributed by atoms with van der Waals surface area (Å²) in [5.41, 5.74) is 1.43. The highest BCUT2D eigenvalue weighted by molar-refractivity contribution is 5.96. The fourth-order valence-corrected chi connectivity index (χ4v) is 1.48. The summed E-state index contributed by atoms with van der Waals surface area (Å²) in [6, 6.07) is 5.16. The Morgan fingerprint density at radius 2 is 2.00 bits per heavy atom. The predicted octanol–water partition coefficient (Wildman–Crippen LogP) is 0.870. The molecule has 0 saturated carbocycles. The van der Waals surface area contributed by atoms with Crippen LogP contribution in [0.5, 0.6) is 5.75 Å². The van der Waals surface area contributed by atoms with Gasteiger partial charge in [0.15, 0.2) is 0 Å². The monoisotopic (exact) mass is 250 g/mol. The van der Waals surface area contributed by atoms with Crippen molar-refractivity contribution >= 4 is 11.8 Å². The number of hydrogen-bond donors (Lipinski definition) is 2. The summed E-state index contributed by atoms with van der Waals surface area (Å²) in [5.74, 6) is 0.158. The van der Waals surface area contributed by atoms with Crippen LogP contribution in [0.25, 0.3) is 0 Å². The summed E-state index contributed by atoms with van der Waals surface area (Å²) in [6.07, 6.45) is 0. The van der Waals surface area contributed by atoms with Gasteiger partial charge in [0.05, 0.1) is 13.7 Å². The fraction of sp³-hybridized carbons (Fsp3) is 0.385. The van der Waals surface area contributed by atoms with Gasteiger partial charge in [-0.3, -0.25) is 9.59 Å². The van der Waals surface area contributed by atoms with E-state index in [1.807, 2.05) is 13.8 Å². The van der Waals surface area contributed by atoms with Gasteiger partial charge in [-0.05, 0) is 31.5 Å². The maximum atomic E-state index is 11.8. The Labute approximate surface area is 107 Å². The second-order valence-electron chi connectivity index (χ2n) is 3.82. The van der Waals surface area contributed by atoms with Crippen LogP contribution in [0.3, 0.4) is 0 Å². The third-order valence-corrected chi connectivity index (χ3v) is 2.45. The summed E-state index contributed by atoms with van der Waals surface area (Å²) in [5, 5.41) is 5.15. The molecule has 0 radical (unpaired) electrons. The molecule has 2 N–H and O–H groups in total. The third kappa shape index (κ3) is 3.76. The predicted molar refractivity (Wildman–Crippen MR) is 68.7 cm³/mol. The van der Waals surface area contributed by atoms with Crippen LogP contribution < -0.4 is 15.4 Å². The minimum Gasteiger partial charge on any atom is -0.496 e. The molecule has 0 fully saturated rings. The number of benzene rings is 1. The molecule has 0 unspecified atom stereocenters. The van der Waals surface area contributed by atoms with Crippen molar-refractivity contribution in [3.8, 4) is 5.75 Å². The van der Waals surface area contributed by atoms with Crippen molar-refractivity contribution in [3.63, 3.8) is 0 Å². The SMILES string of the molecule is CCNC(=O)CNC(=O)c1ccc(C)c(OC)c1. The maximum absolute atomic E-state index is 11.8. The van der Waals surface area contributed by atoms with Crippen LogP contribution in [0.15, 0.2) is 18.2 Å². The van der Waals surface area contributed by atoms with E-state index in [0.717, 1.165) is 5.56 Å². The van der Waals surface area contributed by atoms with Crippen molar-refractivity contribution in [2.45, 2.75) is 13.8 Å². The standard InChI is InChI=1S/C13H18N2O3/c1-4-14-12(16)8-15-13(17)10-6-5-9(2)11(7-10)18-3/h5-7H,4,8H2,1-3H3,(H,14,16)(H,15,17). The zero-order valence-corrected chi connectivity index (χ0v) is 10.9. The molecule has 0 saturated heterocycles. The molecule has 0 aromatic heterocycles. The molecule has 2 amide bonds. The molecule has 0 bridgehead atoms. The highest BCUT2D eigenvalue weighted by Gasteiger charge is 2.09. The molecule has 98 valence electrons. The minimum absolute atomic E-state index is 0.0249. The van der Waals surface area contributed by atoms with Gasteiger partial charge in [0.1, 0.15) is 5.75 Å². The number of amides is 2. The highest BCUT2D eigenvalue weighted by atomic mass is 16.5. The quantitative estimate of drug-likeness (QED) is 0.814. The van der Waals surface area contributed by atoms with E-state index in [4.69, 9.17) is 4.74 Å². The molecule has 0 aliphatic carbocycles. The third-order valence-electron chi connectivity index (χ3n) is 2.45. The van der Waals surface area contributed by atoms with E-state index in [0.29, 0.717) is 17.9 Å². The Morgan fingerprint density at radius 3 is 2.61 bits per heavy atom. The Balaban J connectivity index is 2.64. The van der Waals surface area contributed by atoms with E-state index < -0.39 is 0 Å². The Kier molecular flexibility index (Phi) is 5.17. The van der Waals surface area contributed by atoms with E-state index in [1.165, 1.54) is 0 Å². The van der Waals surface area contributed by atoms with Crippen LogP contribution in [0.1, 0.15) is 22.8 Å². The Hall–Kier alpha value is -2.04. The van der Waals surface area contributed by atoms with Crippen LogP contribution in [0.2, 0.25) is 0 Å². The second-order valence-corrected chi connectivity index (χ2v) is 3.82. The van der Waals surface area contributed by atoms with Crippen LogP contribution in [0.4, 0.5) is 0 Å². The van der Waals surface area contributed by atoms with Crippen LogP contribution in [-0.4, -0.2) is 32.0 Å². The summed E-state index contributed by atoms with van der Waals surface area (Å²) < 4.78 is 5.14. The largest absolute Gasteiger partial charge is 0.496 e. The molecule has 1 rings (SSSR count). The van der Waals surface area contributed by atoms with Crippen molar-refractivity contribution in [2.24, 2.45) is 0 Å². The summed E-state index contributed by atoms with van der Waals surface area (Å²) in [6.45, 7) is 4.25. The summed E-state index contributed by atoms with van der Waals surface area (Å²) in [4.78, 5) is 23.0. The lowest BCUT2D eigenvalue weighted by Crippen LogP contribution is -2.36. The van der Waals surface area contributed by atoms with E-state index in [9.17, 15) is 9.59 Å². The van der Waals surface area contributed by atoms with E-state index >= 15 is 0 Å². The smallest absolute Gasteiger partial charge is 0.251 e. The van der Waals surface area contributed by atoms with Gasteiger partial charge in [0, 0.05) is 12.1 Å². The molecule has 1 aromatic rings. The average molecular weight is 250 g/mol. The van der Waals surface area contributed by atoms with Crippen LogP contribution in [-0.2, 0) is 4.79 Å².